The number of anilines is 1. The Bertz CT molecular complexity index is 552. The molecule has 0 saturated heterocycles. The molecule has 2 N–H and O–H groups in total. The van der Waals surface area contributed by atoms with Crippen molar-refractivity contribution >= 4 is 11.9 Å². The van der Waals surface area contributed by atoms with Crippen molar-refractivity contribution in [1.82, 2.24) is 15.2 Å². The number of hydrogen-bond donors (Lipinski definition) is 2. The first-order valence-electron chi connectivity index (χ1n) is 4.45. The summed E-state index contributed by atoms with van der Waals surface area (Å²) in [6.45, 7) is 1.61. The van der Waals surface area contributed by atoms with E-state index in [0.717, 1.165) is 0 Å². The molecule has 0 spiro atoms. The minimum atomic E-state index is -0.431. The Kier molecular flexibility index (Phi) is 2.50. The largest absolute Gasteiger partial charge is 0.408 e. The Hall–Kier alpha value is -2.44. The number of nitrogens with one attached hydrogen (secondary N) is 2. The minimum absolute atomic E-state index is 0.0219. The lowest BCUT2D eigenvalue weighted by molar-refractivity contribution is 0.102. The van der Waals surface area contributed by atoms with Gasteiger partial charge >= 0.3 is 6.01 Å². The highest BCUT2D eigenvalue weighted by Crippen LogP contribution is 2.05. The number of carbonyl (C=O) groups excluding carboxylic acids is 1. The van der Waals surface area contributed by atoms with Crippen LogP contribution in [0.2, 0.25) is 0 Å². The third-order valence-corrected chi connectivity index (χ3v) is 1.79. The summed E-state index contributed by atoms with van der Waals surface area (Å²) in [5.41, 5.74) is 0.0284. The van der Waals surface area contributed by atoms with Crippen LogP contribution in [0.15, 0.2) is 27.5 Å². The zero-order chi connectivity index (χ0) is 11.5. The number of amides is 1. The van der Waals surface area contributed by atoms with Gasteiger partial charge in [-0.1, -0.05) is 5.10 Å². The van der Waals surface area contributed by atoms with Gasteiger partial charge in [0, 0.05) is 19.2 Å². The maximum absolute atomic E-state index is 11.6. The van der Waals surface area contributed by atoms with Crippen molar-refractivity contribution < 1.29 is 9.21 Å². The first-order valence-corrected chi connectivity index (χ1v) is 4.45. The lowest BCUT2D eigenvalue weighted by Crippen LogP contribution is -2.14. The summed E-state index contributed by atoms with van der Waals surface area (Å²) in [6.07, 6.45) is 1.31. The maximum Gasteiger partial charge on any atom is 0.322 e. The van der Waals surface area contributed by atoms with Crippen molar-refractivity contribution in [2.24, 2.45) is 0 Å². The molecule has 82 valence electrons. The van der Waals surface area contributed by atoms with E-state index in [1.807, 2.05) is 0 Å². The molecule has 0 fully saturated rings. The zero-order valence-corrected chi connectivity index (χ0v) is 8.35. The summed E-state index contributed by atoms with van der Waals surface area (Å²) in [7, 11) is 0. The maximum atomic E-state index is 11.6. The first kappa shape index (κ1) is 10.1. The number of carbonyl (C=O) groups is 1. The smallest absolute Gasteiger partial charge is 0.322 e. The van der Waals surface area contributed by atoms with Gasteiger partial charge in [-0.05, 0) is 6.07 Å². The fourth-order valence-corrected chi connectivity index (χ4v) is 1.07. The average Bonchev–Trinajstić information content (AvgIpc) is 2.65. The van der Waals surface area contributed by atoms with E-state index >= 15 is 0 Å². The number of nitrogens with zero attached hydrogens (tertiary/aromatic N) is 2. The highest BCUT2D eigenvalue weighted by molar-refractivity contribution is 6.02. The van der Waals surface area contributed by atoms with Crippen LogP contribution < -0.4 is 10.9 Å². The van der Waals surface area contributed by atoms with Crippen molar-refractivity contribution in [3.63, 3.8) is 0 Å². The van der Waals surface area contributed by atoms with E-state index in [4.69, 9.17) is 4.42 Å². The molecule has 0 saturated carbocycles. The van der Waals surface area contributed by atoms with Crippen LogP contribution in [0, 0.1) is 6.92 Å². The van der Waals surface area contributed by atoms with Crippen molar-refractivity contribution in [2.45, 2.75) is 6.92 Å². The number of H-pyrrole nitrogens is 1. The number of rotatable bonds is 2. The van der Waals surface area contributed by atoms with Crippen LogP contribution in [-0.2, 0) is 0 Å². The van der Waals surface area contributed by atoms with Gasteiger partial charge in [0.05, 0.1) is 5.56 Å². The zero-order valence-electron chi connectivity index (χ0n) is 8.35. The number of pyridine rings is 1. The van der Waals surface area contributed by atoms with E-state index in [9.17, 15) is 9.59 Å². The van der Waals surface area contributed by atoms with E-state index in [-0.39, 0.29) is 11.6 Å². The van der Waals surface area contributed by atoms with E-state index in [2.05, 4.69) is 20.5 Å². The Morgan fingerprint density at radius 1 is 1.44 bits per heavy atom. The number of aromatic amines is 1. The normalized spacial score (nSPS) is 10.1. The number of hydrogen-bond acceptors (Lipinski definition) is 5. The fourth-order valence-electron chi connectivity index (χ4n) is 1.07. The molecule has 0 aliphatic rings. The van der Waals surface area contributed by atoms with Gasteiger partial charge in [-0.2, -0.15) is 0 Å². The van der Waals surface area contributed by atoms with Gasteiger partial charge in [-0.3, -0.25) is 14.9 Å². The van der Waals surface area contributed by atoms with E-state index in [1.54, 1.807) is 6.92 Å². The predicted molar refractivity (Wildman–Crippen MR) is 54.1 cm³/mol. The molecule has 0 radical (unpaired) electrons. The summed E-state index contributed by atoms with van der Waals surface area (Å²) >= 11 is 0. The molecular weight excluding hydrogens is 212 g/mol. The lowest BCUT2D eigenvalue weighted by Gasteiger charge is -1.98. The molecule has 7 heteroatoms. The molecule has 0 bridgehead atoms. The Labute approximate surface area is 89.5 Å². The second-order valence-corrected chi connectivity index (χ2v) is 3.02. The van der Waals surface area contributed by atoms with Gasteiger partial charge in [-0.15, -0.1) is 5.10 Å². The minimum Gasteiger partial charge on any atom is -0.408 e. The third-order valence-electron chi connectivity index (χ3n) is 1.79. The van der Waals surface area contributed by atoms with E-state index < -0.39 is 5.91 Å². The van der Waals surface area contributed by atoms with Gasteiger partial charge in [0.25, 0.3) is 5.91 Å². The van der Waals surface area contributed by atoms with E-state index in [1.165, 1.54) is 18.3 Å². The summed E-state index contributed by atoms with van der Waals surface area (Å²) in [4.78, 5) is 24.7. The number of aromatic nitrogens is 3. The van der Waals surface area contributed by atoms with Crippen LogP contribution in [-0.4, -0.2) is 21.1 Å². The van der Waals surface area contributed by atoms with Crippen LogP contribution >= 0.6 is 0 Å². The molecule has 2 aromatic heterocycles. The van der Waals surface area contributed by atoms with Crippen molar-refractivity contribution in [3.8, 4) is 0 Å². The summed E-state index contributed by atoms with van der Waals surface area (Å²) in [5, 5.41) is 9.56. The number of aryl methyl sites for hydroxylation is 1. The van der Waals surface area contributed by atoms with Gasteiger partial charge < -0.3 is 9.40 Å². The molecule has 0 unspecified atom stereocenters. The van der Waals surface area contributed by atoms with Gasteiger partial charge in [0.2, 0.25) is 11.4 Å². The standard InChI is InChI=1S/C9H8N4O3/c1-5-12-13-9(16-5)11-8(15)6-2-3-7(14)10-4-6/h2-4H,1H3,(H,10,14)(H,11,13,15). The van der Waals surface area contributed by atoms with Crippen molar-refractivity contribution in [3.05, 3.63) is 40.1 Å². The molecule has 2 aromatic rings. The highest BCUT2D eigenvalue weighted by atomic mass is 16.4. The van der Waals surface area contributed by atoms with Crippen molar-refractivity contribution in [2.75, 3.05) is 5.32 Å². The van der Waals surface area contributed by atoms with Gasteiger partial charge in [-0.25, -0.2) is 0 Å². The summed E-state index contributed by atoms with van der Waals surface area (Å²) in [6, 6.07) is 2.68. The molecule has 1 amide bonds. The first-order chi connectivity index (χ1) is 7.65. The van der Waals surface area contributed by atoms with Crippen LogP contribution in [0.4, 0.5) is 6.01 Å². The van der Waals surface area contributed by atoms with Crippen molar-refractivity contribution in [1.29, 1.82) is 0 Å². The highest BCUT2D eigenvalue weighted by Gasteiger charge is 2.09. The van der Waals surface area contributed by atoms with Gasteiger partial charge in [0.15, 0.2) is 0 Å². The summed E-state index contributed by atoms with van der Waals surface area (Å²) in [5.74, 6) is -0.0725. The van der Waals surface area contributed by atoms with Gasteiger partial charge in [0.1, 0.15) is 0 Å². The fraction of sp³-hybridized carbons (Fsp3) is 0.111. The van der Waals surface area contributed by atoms with Crippen LogP contribution in [0.3, 0.4) is 0 Å². The van der Waals surface area contributed by atoms with Crippen LogP contribution in [0.5, 0.6) is 0 Å². The monoisotopic (exact) mass is 220 g/mol. The quantitative estimate of drug-likeness (QED) is 0.758. The Balaban J connectivity index is 2.14. The lowest BCUT2D eigenvalue weighted by atomic mass is 10.3. The topological polar surface area (TPSA) is 101 Å². The van der Waals surface area contributed by atoms with E-state index in [0.29, 0.717) is 11.5 Å². The molecule has 7 nitrogen and oxygen atoms in total. The SMILES string of the molecule is Cc1nnc(NC(=O)c2ccc(=O)[nH]c2)o1. The molecule has 0 atom stereocenters. The molecule has 2 heterocycles. The molecule has 0 aromatic carbocycles. The average molecular weight is 220 g/mol. The van der Waals surface area contributed by atoms with Crippen LogP contribution in [0.25, 0.3) is 0 Å². The Morgan fingerprint density at radius 3 is 2.81 bits per heavy atom. The third kappa shape index (κ3) is 2.14. The molecule has 0 aliphatic heterocycles. The predicted octanol–water partition coefficient (Wildman–Crippen LogP) is 0.319. The second kappa shape index (κ2) is 3.97. The van der Waals surface area contributed by atoms with Crippen LogP contribution in [0.1, 0.15) is 16.2 Å². The molecular formula is C9H8N4O3. The molecule has 16 heavy (non-hydrogen) atoms. The summed E-state index contributed by atoms with van der Waals surface area (Å²) < 4.78 is 4.97. The second-order valence-electron chi connectivity index (χ2n) is 3.02. The molecule has 0 aliphatic carbocycles. The Morgan fingerprint density at radius 2 is 2.25 bits per heavy atom. The molecule has 2 rings (SSSR count).